The van der Waals surface area contributed by atoms with Gasteiger partial charge in [0, 0.05) is 26.3 Å². The average Bonchev–Trinajstić information content (AvgIpc) is 2.68. The third kappa shape index (κ3) is 2.51. The first-order valence-corrected chi connectivity index (χ1v) is 6.81. The molecule has 0 aliphatic heterocycles. The van der Waals surface area contributed by atoms with E-state index in [0.717, 1.165) is 5.82 Å². The van der Waals surface area contributed by atoms with Crippen LogP contribution in [0.15, 0.2) is 18.3 Å². The Balaban J connectivity index is 2.16. The molecule has 100 valence electrons. The molecule has 2 atom stereocenters. The third-order valence-corrected chi connectivity index (χ3v) is 4.39. The summed E-state index contributed by atoms with van der Waals surface area (Å²) in [7, 11) is 4.00. The molecule has 3 nitrogen and oxygen atoms in total. The lowest BCUT2D eigenvalue weighted by atomic mass is 9.76. The monoisotopic (exact) mass is 247 g/mol. The maximum absolute atomic E-state index is 6.45. The fourth-order valence-corrected chi connectivity index (χ4v) is 3.11. The van der Waals surface area contributed by atoms with Crippen LogP contribution in [-0.2, 0) is 0 Å². The van der Waals surface area contributed by atoms with Crippen molar-refractivity contribution in [2.45, 2.75) is 39.2 Å². The standard InChI is InChI=1S/C15H25N3/c1-15(2)9-5-6-12(15)14(16)11-7-8-13(17-10-11)18(3)4/h7-8,10,12,14H,5-6,9,16H2,1-4H3. The lowest BCUT2D eigenvalue weighted by molar-refractivity contribution is 0.222. The highest BCUT2D eigenvalue weighted by molar-refractivity contribution is 5.37. The van der Waals surface area contributed by atoms with Gasteiger partial charge in [0.05, 0.1) is 0 Å². The van der Waals surface area contributed by atoms with Gasteiger partial charge in [-0.1, -0.05) is 26.3 Å². The maximum Gasteiger partial charge on any atom is 0.127 e. The van der Waals surface area contributed by atoms with E-state index in [4.69, 9.17) is 5.73 Å². The average molecular weight is 247 g/mol. The van der Waals surface area contributed by atoms with Gasteiger partial charge in [-0.2, -0.15) is 0 Å². The number of hydrogen-bond acceptors (Lipinski definition) is 3. The number of rotatable bonds is 3. The molecule has 18 heavy (non-hydrogen) atoms. The second kappa shape index (κ2) is 4.88. The van der Waals surface area contributed by atoms with E-state index < -0.39 is 0 Å². The van der Waals surface area contributed by atoms with E-state index in [-0.39, 0.29) is 6.04 Å². The lowest BCUT2D eigenvalue weighted by Gasteiger charge is -2.32. The zero-order chi connectivity index (χ0) is 13.3. The van der Waals surface area contributed by atoms with E-state index in [1.54, 1.807) is 0 Å². The van der Waals surface area contributed by atoms with Gasteiger partial charge >= 0.3 is 0 Å². The lowest BCUT2D eigenvalue weighted by Crippen LogP contribution is -2.29. The van der Waals surface area contributed by atoms with Crippen LogP contribution in [0.5, 0.6) is 0 Å². The van der Waals surface area contributed by atoms with Crippen LogP contribution in [0.1, 0.15) is 44.7 Å². The van der Waals surface area contributed by atoms with Crippen LogP contribution in [0, 0.1) is 11.3 Å². The van der Waals surface area contributed by atoms with Crippen molar-refractivity contribution in [3.63, 3.8) is 0 Å². The van der Waals surface area contributed by atoms with E-state index >= 15 is 0 Å². The summed E-state index contributed by atoms with van der Waals surface area (Å²) in [5.74, 6) is 1.56. The number of nitrogens with zero attached hydrogens (tertiary/aromatic N) is 2. The molecule has 0 spiro atoms. The normalized spacial score (nSPS) is 23.9. The SMILES string of the molecule is CN(C)c1ccc(C(N)C2CCCC2(C)C)cn1. The van der Waals surface area contributed by atoms with E-state index in [0.29, 0.717) is 11.3 Å². The van der Waals surface area contributed by atoms with Crippen molar-refractivity contribution >= 4 is 5.82 Å². The predicted molar refractivity (Wildman–Crippen MR) is 76.6 cm³/mol. The molecule has 2 unspecified atom stereocenters. The quantitative estimate of drug-likeness (QED) is 0.893. The molecule has 0 radical (unpaired) electrons. The van der Waals surface area contributed by atoms with Crippen molar-refractivity contribution < 1.29 is 0 Å². The Morgan fingerprint density at radius 3 is 2.56 bits per heavy atom. The van der Waals surface area contributed by atoms with Crippen LogP contribution in [0.3, 0.4) is 0 Å². The number of hydrogen-bond donors (Lipinski definition) is 1. The number of pyridine rings is 1. The van der Waals surface area contributed by atoms with Gasteiger partial charge in [0.25, 0.3) is 0 Å². The highest BCUT2D eigenvalue weighted by Gasteiger charge is 2.38. The molecule has 1 aliphatic rings. The van der Waals surface area contributed by atoms with Crippen molar-refractivity contribution in [1.82, 2.24) is 4.98 Å². The molecule has 2 rings (SSSR count). The largest absolute Gasteiger partial charge is 0.363 e. The smallest absolute Gasteiger partial charge is 0.127 e. The van der Waals surface area contributed by atoms with Crippen LogP contribution < -0.4 is 10.6 Å². The molecule has 1 aromatic rings. The van der Waals surface area contributed by atoms with E-state index in [1.807, 2.05) is 25.2 Å². The van der Waals surface area contributed by atoms with Gasteiger partial charge in [-0.3, -0.25) is 0 Å². The summed E-state index contributed by atoms with van der Waals surface area (Å²) in [5.41, 5.74) is 7.98. The van der Waals surface area contributed by atoms with Crippen LogP contribution in [0.4, 0.5) is 5.82 Å². The summed E-state index contributed by atoms with van der Waals surface area (Å²) in [6, 6.07) is 4.30. The molecule has 1 saturated carbocycles. The summed E-state index contributed by atoms with van der Waals surface area (Å²) in [6.07, 6.45) is 5.77. The van der Waals surface area contributed by atoms with E-state index in [2.05, 4.69) is 31.0 Å². The predicted octanol–water partition coefficient (Wildman–Crippen LogP) is 2.97. The van der Waals surface area contributed by atoms with Gasteiger partial charge in [-0.15, -0.1) is 0 Å². The minimum absolute atomic E-state index is 0.117. The number of anilines is 1. The summed E-state index contributed by atoms with van der Waals surface area (Å²) >= 11 is 0. The maximum atomic E-state index is 6.45. The molecule has 0 aromatic carbocycles. The Hall–Kier alpha value is -1.09. The first-order chi connectivity index (χ1) is 8.42. The topological polar surface area (TPSA) is 42.1 Å². The zero-order valence-corrected chi connectivity index (χ0v) is 12.0. The Kier molecular flexibility index (Phi) is 3.62. The second-order valence-corrected chi connectivity index (χ2v) is 6.36. The second-order valence-electron chi connectivity index (χ2n) is 6.36. The minimum Gasteiger partial charge on any atom is -0.363 e. The number of aromatic nitrogens is 1. The summed E-state index contributed by atoms with van der Waals surface area (Å²) in [4.78, 5) is 6.47. The summed E-state index contributed by atoms with van der Waals surface area (Å²) in [5, 5.41) is 0. The van der Waals surface area contributed by atoms with Crippen LogP contribution >= 0.6 is 0 Å². The molecule has 0 saturated heterocycles. The van der Waals surface area contributed by atoms with Gasteiger partial charge in [-0.25, -0.2) is 4.98 Å². The van der Waals surface area contributed by atoms with Crippen LogP contribution in [-0.4, -0.2) is 19.1 Å². The number of nitrogens with two attached hydrogens (primary N) is 1. The molecule has 3 heteroatoms. The van der Waals surface area contributed by atoms with Gasteiger partial charge in [-0.05, 0) is 35.8 Å². The van der Waals surface area contributed by atoms with Crippen molar-refractivity contribution in [3.05, 3.63) is 23.9 Å². The molecule has 1 aromatic heterocycles. The van der Waals surface area contributed by atoms with E-state index in [9.17, 15) is 0 Å². The molecule has 0 amide bonds. The first-order valence-electron chi connectivity index (χ1n) is 6.81. The van der Waals surface area contributed by atoms with Gasteiger partial charge in [0.1, 0.15) is 5.82 Å². The highest BCUT2D eigenvalue weighted by Crippen LogP contribution is 2.47. The Morgan fingerprint density at radius 1 is 1.39 bits per heavy atom. The van der Waals surface area contributed by atoms with Crippen molar-refractivity contribution in [2.75, 3.05) is 19.0 Å². The van der Waals surface area contributed by atoms with Crippen molar-refractivity contribution in [3.8, 4) is 0 Å². The first kappa shape index (κ1) is 13.3. The van der Waals surface area contributed by atoms with Crippen LogP contribution in [0.2, 0.25) is 0 Å². The Morgan fingerprint density at radius 2 is 2.11 bits per heavy atom. The molecular formula is C15H25N3. The zero-order valence-electron chi connectivity index (χ0n) is 12.0. The van der Waals surface area contributed by atoms with Gasteiger partial charge < -0.3 is 10.6 Å². The minimum atomic E-state index is 0.117. The molecular weight excluding hydrogens is 222 g/mol. The van der Waals surface area contributed by atoms with Crippen LogP contribution in [0.25, 0.3) is 0 Å². The fraction of sp³-hybridized carbons (Fsp3) is 0.667. The molecule has 1 heterocycles. The van der Waals surface area contributed by atoms with Crippen molar-refractivity contribution in [2.24, 2.45) is 17.1 Å². The van der Waals surface area contributed by atoms with Crippen molar-refractivity contribution in [1.29, 1.82) is 0 Å². The molecule has 1 fully saturated rings. The Bertz CT molecular complexity index is 395. The summed E-state index contributed by atoms with van der Waals surface area (Å²) < 4.78 is 0. The Labute approximate surface area is 110 Å². The fourth-order valence-electron chi connectivity index (χ4n) is 3.11. The van der Waals surface area contributed by atoms with Gasteiger partial charge in [0.15, 0.2) is 0 Å². The molecule has 1 aliphatic carbocycles. The third-order valence-electron chi connectivity index (χ3n) is 4.39. The molecule has 2 N–H and O–H groups in total. The molecule has 0 bridgehead atoms. The highest BCUT2D eigenvalue weighted by atomic mass is 15.1. The van der Waals surface area contributed by atoms with E-state index in [1.165, 1.54) is 24.8 Å². The summed E-state index contributed by atoms with van der Waals surface area (Å²) in [6.45, 7) is 4.68. The van der Waals surface area contributed by atoms with Gasteiger partial charge in [0.2, 0.25) is 0 Å².